The first kappa shape index (κ1) is 14.2. The van der Waals surface area contributed by atoms with Crippen molar-refractivity contribution in [2.24, 2.45) is 0 Å². The number of rotatable bonds is 3. The Bertz CT molecular complexity index is 590. The fourth-order valence-electron chi connectivity index (χ4n) is 1.91. The Hall–Kier alpha value is -1.19. The van der Waals surface area contributed by atoms with E-state index in [1.807, 2.05) is 6.07 Å². The minimum Gasteiger partial charge on any atom is -0.506 e. The number of halogens is 2. The number of anilines is 1. The molecule has 0 heterocycles. The van der Waals surface area contributed by atoms with Gasteiger partial charge in [0.25, 0.3) is 0 Å². The zero-order valence-electron chi connectivity index (χ0n) is 10.8. The predicted molar refractivity (Wildman–Crippen MR) is 84.1 cm³/mol. The second kappa shape index (κ2) is 5.85. The summed E-state index contributed by atoms with van der Waals surface area (Å²) >= 11 is 9.44. The summed E-state index contributed by atoms with van der Waals surface area (Å²) in [6, 6.07) is 9.42. The van der Waals surface area contributed by atoms with Gasteiger partial charge in [0.1, 0.15) is 5.75 Å². The number of hydrogen-bond acceptors (Lipinski definition) is 2. The Morgan fingerprint density at radius 1 is 1.16 bits per heavy atom. The molecule has 0 fully saturated rings. The number of phenols is 1. The molecule has 0 aromatic heterocycles. The first-order chi connectivity index (χ1) is 8.97. The molecule has 0 bridgehead atoms. The molecule has 2 nitrogen and oxygen atoms in total. The maximum atomic E-state index is 9.37. The van der Waals surface area contributed by atoms with Gasteiger partial charge in [0.2, 0.25) is 0 Å². The standard InChI is InChI=1S/C15H15BrClNO/c1-9-5-12(6-10(2)15(9)16)18-8-11-3-4-14(19)13(17)7-11/h3-7,18-19H,8H2,1-2H3. The van der Waals surface area contributed by atoms with Gasteiger partial charge in [-0.25, -0.2) is 0 Å². The molecule has 0 spiro atoms. The zero-order chi connectivity index (χ0) is 14.0. The largest absolute Gasteiger partial charge is 0.506 e. The van der Waals surface area contributed by atoms with Gasteiger partial charge in [0.05, 0.1) is 5.02 Å². The normalized spacial score (nSPS) is 10.5. The SMILES string of the molecule is Cc1cc(NCc2ccc(O)c(Cl)c2)cc(C)c1Br. The summed E-state index contributed by atoms with van der Waals surface area (Å²) in [4.78, 5) is 0. The highest BCUT2D eigenvalue weighted by atomic mass is 79.9. The van der Waals surface area contributed by atoms with E-state index in [1.165, 1.54) is 11.1 Å². The molecular formula is C15H15BrClNO. The summed E-state index contributed by atoms with van der Waals surface area (Å²) in [5.74, 6) is 0.112. The van der Waals surface area contributed by atoms with Gasteiger partial charge >= 0.3 is 0 Å². The van der Waals surface area contributed by atoms with Crippen LogP contribution in [0.4, 0.5) is 5.69 Å². The minimum absolute atomic E-state index is 0.112. The van der Waals surface area contributed by atoms with Gasteiger partial charge in [0, 0.05) is 16.7 Å². The van der Waals surface area contributed by atoms with Crippen molar-refractivity contribution >= 4 is 33.2 Å². The lowest BCUT2D eigenvalue weighted by atomic mass is 10.1. The van der Waals surface area contributed by atoms with Crippen LogP contribution in [0.15, 0.2) is 34.8 Å². The molecule has 0 aliphatic rings. The van der Waals surface area contributed by atoms with Gasteiger partial charge < -0.3 is 10.4 Å². The zero-order valence-corrected chi connectivity index (χ0v) is 13.1. The second-order valence-corrected chi connectivity index (χ2v) is 5.76. The van der Waals surface area contributed by atoms with Gasteiger partial charge in [-0.2, -0.15) is 0 Å². The highest BCUT2D eigenvalue weighted by molar-refractivity contribution is 9.10. The van der Waals surface area contributed by atoms with Gasteiger partial charge in [-0.05, 0) is 54.8 Å². The number of nitrogens with one attached hydrogen (secondary N) is 1. The third kappa shape index (κ3) is 3.43. The third-order valence-corrected chi connectivity index (χ3v) is 4.50. The highest BCUT2D eigenvalue weighted by Crippen LogP contribution is 2.26. The maximum absolute atomic E-state index is 9.37. The van der Waals surface area contributed by atoms with E-state index in [-0.39, 0.29) is 5.75 Å². The number of hydrogen-bond donors (Lipinski definition) is 2. The lowest BCUT2D eigenvalue weighted by molar-refractivity contribution is 0.475. The van der Waals surface area contributed by atoms with Crippen molar-refractivity contribution in [2.75, 3.05) is 5.32 Å². The van der Waals surface area contributed by atoms with E-state index in [4.69, 9.17) is 11.6 Å². The molecule has 0 atom stereocenters. The summed E-state index contributed by atoms with van der Waals surface area (Å²) in [6.07, 6.45) is 0. The molecule has 2 aromatic rings. The fourth-order valence-corrected chi connectivity index (χ4v) is 2.34. The Morgan fingerprint density at radius 2 is 1.79 bits per heavy atom. The number of phenolic OH excluding ortho intramolecular Hbond substituents is 1. The molecule has 100 valence electrons. The molecule has 2 N–H and O–H groups in total. The van der Waals surface area contributed by atoms with Crippen molar-refractivity contribution in [3.63, 3.8) is 0 Å². The molecule has 0 saturated carbocycles. The van der Waals surface area contributed by atoms with Crippen LogP contribution < -0.4 is 5.32 Å². The quantitative estimate of drug-likeness (QED) is 0.820. The average molecular weight is 341 g/mol. The fraction of sp³-hybridized carbons (Fsp3) is 0.200. The summed E-state index contributed by atoms with van der Waals surface area (Å²) in [5.41, 5.74) is 4.50. The molecule has 0 aliphatic carbocycles. The minimum atomic E-state index is 0.112. The molecule has 2 rings (SSSR count). The van der Waals surface area contributed by atoms with Crippen LogP contribution in [0.2, 0.25) is 5.02 Å². The van der Waals surface area contributed by atoms with Crippen molar-refractivity contribution in [3.05, 3.63) is 56.5 Å². The summed E-state index contributed by atoms with van der Waals surface area (Å²) < 4.78 is 1.14. The van der Waals surface area contributed by atoms with Crippen molar-refractivity contribution in [3.8, 4) is 5.75 Å². The van der Waals surface area contributed by atoms with Gasteiger partial charge in [-0.1, -0.05) is 33.6 Å². The maximum Gasteiger partial charge on any atom is 0.134 e. The number of aromatic hydroxyl groups is 1. The van der Waals surface area contributed by atoms with Crippen molar-refractivity contribution in [1.29, 1.82) is 0 Å². The second-order valence-electron chi connectivity index (χ2n) is 4.56. The highest BCUT2D eigenvalue weighted by Gasteiger charge is 2.03. The van der Waals surface area contributed by atoms with Crippen LogP contribution in [0.25, 0.3) is 0 Å². The Balaban J connectivity index is 2.12. The number of benzene rings is 2. The van der Waals surface area contributed by atoms with Crippen LogP contribution in [0.3, 0.4) is 0 Å². The molecule has 4 heteroatoms. The summed E-state index contributed by atoms with van der Waals surface area (Å²) in [5, 5.41) is 13.1. The Morgan fingerprint density at radius 3 is 2.37 bits per heavy atom. The van der Waals surface area contributed by atoms with E-state index in [9.17, 15) is 5.11 Å². The van der Waals surface area contributed by atoms with Crippen LogP contribution >= 0.6 is 27.5 Å². The van der Waals surface area contributed by atoms with E-state index in [0.29, 0.717) is 11.6 Å². The molecule has 0 aliphatic heterocycles. The van der Waals surface area contributed by atoms with Crippen LogP contribution in [0.5, 0.6) is 5.75 Å². The average Bonchev–Trinajstić information content (AvgIpc) is 2.37. The van der Waals surface area contributed by atoms with E-state index < -0.39 is 0 Å². The van der Waals surface area contributed by atoms with Gasteiger partial charge in [0.15, 0.2) is 0 Å². The van der Waals surface area contributed by atoms with Crippen molar-refractivity contribution in [1.82, 2.24) is 0 Å². The first-order valence-corrected chi connectivity index (χ1v) is 7.12. The summed E-state index contributed by atoms with van der Waals surface area (Å²) in [6.45, 7) is 4.81. The molecule has 0 saturated heterocycles. The Kier molecular flexibility index (Phi) is 4.38. The van der Waals surface area contributed by atoms with Crippen LogP contribution in [-0.4, -0.2) is 5.11 Å². The molecule has 0 amide bonds. The van der Waals surface area contributed by atoms with Gasteiger partial charge in [-0.15, -0.1) is 0 Å². The molecule has 0 unspecified atom stereocenters. The van der Waals surface area contributed by atoms with Crippen LogP contribution in [0.1, 0.15) is 16.7 Å². The first-order valence-electron chi connectivity index (χ1n) is 5.95. The van der Waals surface area contributed by atoms with Gasteiger partial charge in [-0.3, -0.25) is 0 Å². The van der Waals surface area contributed by atoms with E-state index in [2.05, 4.69) is 47.2 Å². The molecule has 2 aromatic carbocycles. The predicted octanol–water partition coefficient (Wildman–Crippen LogP) is 5.04. The van der Waals surface area contributed by atoms with E-state index in [1.54, 1.807) is 12.1 Å². The third-order valence-electron chi connectivity index (χ3n) is 2.95. The van der Waals surface area contributed by atoms with Crippen molar-refractivity contribution in [2.45, 2.75) is 20.4 Å². The van der Waals surface area contributed by atoms with Crippen LogP contribution in [0, 0.1) is 13.8 Å². The lowest BCUT2D eigenvalue weighted by Crippen LogP contribution is -2.00. The molecule has 0 radical (unpaired) electrons. The Labute approximate surface area is 126 Å². The van der Waals surface area contributed by atoms with E-state index >= 15 is 0 Å². The number of aryl methyl sites for hydroxylation is 2. The lowest BCUT2D eigenvalue weighted by Gasteiger charge is -2.11. The molecular weight excluding hydrogens is 326 g/mol. The topological polar surface area (TPSA) is 32.3 Å². The van der Waals surface area contributed by atoms with Crippen molar-refractivity contribution < 1.29 is 5.11 Å². The van der Waals surface area contributed by atoms with Crippen LogP contribution in [-0.2, 0) is 6.54 Å². The molecule has 19 heavy (non-hydrogen) atoms. The summed E-state index contributed by atoms with van der Waals surface area (Å²) in [7, 11) is 0. The monoisotopic (exact) mass is 339 g/mol. The smallest absolute Gasteiger partial charge is 0.134 e. The van der Waals surface area contributed by atoms with E-state index in [0.717, 1.165) is 15.7 Å².